The van der Waals surface area contributed by atoms with Gasteiger partial charge in [-0.2, -0.15) is 5.26 Å². The monoisotopic (exact) mass is 325 g/mol. The second kappa shape index (κ2) is 7.65. The average Bonchev–Trinajstić information content (AvgIpc) is 2.45. The zero-order valence-corrected chi connectivity index (χ0v) is 13.1. The molecule has 1 amide bonds. The van der Waals surface area contributed by atoms with Crippen molar-refractivity contribution in [2.24, 2.45) is 0 Å². The van der Waals surface area contributed by atoms with Gasteiger partial charge in [0.15, 0.2) is 0 Å². The highest BCUT2D eigenvalue weighted by atomic mass is 35.5. The van der Waals surface area contributed by atoms with Crippen molar-refractivity contribution in [2.45, 2.75) is 25.3 Å². The Labute approximate surface area is 134 Å². The van der Waals surface area contributed by atoms with Crippen LogP contribution in [0, 0.1) is 11.3 Å². The third-order valence-electron chi connectivity index (χ3n) is 3.60. The summed E-state index contributed by atoms with van der Waals surface area (Å²) >= 11 is 11.8. The first-order valence-electron chi connectivity index (χ1n) is 6.91. The number of benzene rings is 1. The van der Waals surface area contributed by atoms with E-state index in [2.05, 4.69) is 16.3 Å². The number of nitriles is 1. The number of hydrogen-bond acceptors (Lipinski definition) is 3. The number of hydrogen-bond donors (Lipinski definition) is 1. The maximum atomic E-state index is 12.0. The first-order valence-corrected chi connectivity index (χ1v) is 7.66. The van der Waals surface area contributed by atoms with Gasteiger partial charge in [-0.25, -0.2) is 0 Å². The van der Waals surface area contributed by atoms with E-state index in [9.17, 15) is 4.79 Å². The van der Waals surface area contributed by atoms with E-state index in [4.69, 9.17) is 28.5 Å². The first-order chi connectivity index (χ1) is 10.1. The van der Waals surface area contributed by atoms with Crippen LogP contribution in [0.3, 0.4) is 0 Å². The van der Waals surface area contributed by atoms with Crippen LogP contribution in [-0.4, -0.2) is 36.5 Å². The highest BCUT2D eigenvalue weighted by Gasteiger charge is 2.20. The molecule has 2 rings (SSSR count). The molecule has 1 N–H and O–H groups in total. The lowest BCUT2D eigenvalue weighted by Gasteiger charge is -2.30. The summed E-state index contributed by atoms with van der Waals surface area (Å²) in [5, 5.41) is 12.6. The molecule has 1 aliphatic rings. The van der Waals surface area contributed by atoms with Crippen LogP contribution >= 0.6 is 23.2 Å². The molecule has 0 saturated carbocycles. The molecule has 1 aliphatic heterocycles. The van der Waals surface area contributed by atoms with Crippen molar-refractivity contribution in [1.82, 2.24) is 10.2 Å². The fourth-order valence-corrected chi connectivity index (χ4v) is 2.77. The summed E-state index contributed by atoms with van der Waals surface area (Å²) in [4.78, 5) is 14.1. The van der Waals surface area contributed by atoms with Crippen molar-refractivity contribution in [2.75, 3.05) is 19.6 Å². The maximum Gasteiger partial charge on any atom is 0.224 e. The Morgan fingerprint density at radius 2 is 2.05 bits per heavy atom. The molecule has 0 bridgehead atoms. The molecule has 0 aliphatic carbocycles. The molecule has 0 atom stereocenters. The van der Waals surface area contributed by atoms with Crippen LogP contribution in [0.5, 0.6) is 0 Å². The second-order valence-corrected chi connectivity index (χ2v) is 6.02. The van der Waals surface area contributed by atoms with E-state index < -0.39 is 0 Å². The van der Waals surface area contributed by atoms with Crippen LogP contribution in [0.4, 0.5) is 0 Å². The Morgan fingerprint density at radius 1 is 1.33 bits per heavy atom. The largest absolute Gasteiger partial charge is 0.353 e. The Balaban J connectivity index is 1.80. The number of piperidine rings is 1. The van der Waals surface area contributed by atoms with Gasteiger partial charge in [-0.05, 0) is 30.5 Å². The summed E-state index contributed by atoms with van der Waals surface area (Å²) < 4.78 is 0. The fraction of sp³-hybridized carbons (Fsp3) is 0.467. The van der Waals surface area contributed by atoms with Crippen molar-refractivity contribution < 1.29 is 4.79 Å². The number of rotatable bonds is 4. The summed E-state index contributed by atoms with van der Waals surface area (Å²) in [6.07, 6.45) is 2.07. The molecule has 1 aromatic rings. The molecule has 1 fully saturated rings. The van der Waals surface area contributed by atoms with Crippen LogP contribution in [0.15, 0.2) is 18.2 Å². The van der Waals surface area contributed by atoms with Gasteiger partial charge in [-0.15, -0.1) is 0 Å². The van der Waals surface area contributed by atoms with E-state index in [1.165, 1.54) is 0 Å². The molecule has 21 heavy (non-hydrogen) atoms. The molecule has 6 heteroatoms. The molecule has 0 unspecified atom stereocenters. The molecule has 1 saturated heterocycles. The minimum Gasteiger partial charge on any atom is -0.353 e. The quantitative estimate of drug-likeness (QED) is 0.866. The predicted octanol–water partition coefficient (Wildman–Crippen LogP) is 2.64. The summed E-state index contributed by atoms with van der Waals surface area (Å²) in [7, 11) is 0. The van der Waals surface area contributed by atoms with Crippen molar-refractivity contribution >= 4 is 29.1 Å². The Bertz CT molecular complexity index is 548. The highest BCUT2D eigenvalue weighted by Crippen LogP contribution is 2.22. The van der Waals surface area contributed by atoms with Crippen LogP contribution in [0.25, 0.3) is 0 Å². The van der Waals surface area contributed by atoms with Crippen molar-refractivity contribution in [3.8, 4) is 6.07 Å². The third kappa shape index (κ3) is 4.89. The van der Waals surface area contributed by atoms with Crippen LogP contribution < -0.4 is 5.32 Å². The number of nitrogens with zero attached hydrogens (tertiary/aromatic N) is 2. The number of amides is 1. The lowest BCUT2D eigenvalue weighted by molar-refractivity contribution is -0.121. The molecule has 0 radical (unpaired) electrons. The molecule has 0 aromatic heterocycles. The Kier molecular flexibility index (Phi) is 5.86. The lowest BCUT2D eigenvalue weighted by atomic mass is 10.0. The van der Waals surface area contributed by atoms with Gasteiger partial charge in [-0.3, -0.25) is 9.69 Å². The Hall–Kier alpha value is -1.28. The van der Waals surface area contributed by atoms with E-state index in [0.29, 0.717) is 23.0 Å². The summed E-state index contributed by atoms with van der Waals surface area (Å²) in [6.45, 7) is 2.17. The number of nitrogens with one attached hydrogen (secondary N) is 1. The summed E-state index contributed by atoms with van der Waals surface area (Å²) in [6, 6.07) is 7.57. The zero-order chi connectivity index (χ0) is 15.2. The van der Waals surface area contributed by atoms with E-state index in [1.807, 2.05) is 6.07 Å². The predicted molar refractivity (Wildman–Crippen MR) is 83.4 cm³/mol. The van der Waals surface area contributed by atoms with E-state index >= 15 is 0 Å². The standard InChI is InChI=1S/C15H17Cl2N3O/c16-13-2-1-11(9-14(13)17)10-15(21)19-12-3-6-20(7-4-12)8-5-18/h1-2,9,12H,3-4,6-8,10H2,(H,19,21). The van der Waals surface area contributed by atoms with Gasteiger partial charge in [-0.1, -0.05) is 29.3 Å². The minimum absolute atomic E-state index is 0.00729. The maximum absolute atomic E-state index is 12.0. The van der Waals surface area contributed by atoms with Gasteiger partial charge >= 0.3 is 0 Å². The second-order valence-electron chi connectivity index (χ2n) is 5.20. The summed E-state index contributed by atoms with van der Waals surface area (Å²) in [5.41, 5.74) is 0.851. The average molecular weight is 326 g/mol. The van der Waals surface area contributed by atoms with Gasteiger partial charge in [0.25, 0.3) is 0 Å². The lowest BCUT2D eigenvalue weighted by Crippen LogP contribution is -2.45. The van der Waals surface area contributed by atoms with Gasteiger partial charge in [0, 0.05) is 19.1 Å². The van der Waals surface area contributed by atoms with E-state index in [0.717, 1.165) is 31.5 Å². The first kappa shape index (κ1) is 16.1. The van der Waals surface area contributed by atoms with Gasteiger partial charge in [0.2, 0.25) is 5.91 Å². The Morgan fingerprint density at radius 3 is 2.67 bits per heavy atom. The molecule has 4 nitrogen and oxygen atoms in total. The molecule has 112 valence electrons. The summed E-state index contributed by atoms with van der Waals surface area (Å²) in [5.74, 6) is -0.00729. The van der Waals surface area contributed by atoms with Crippen molar-refractivity contribution in [3.05, 3.63) is 33.8 Å². The number of likely N-dealkylation sites (tertiary alicyclic amines) is 1. The molecule has 0 spiro atoms. The third-order valence-corrected chi connectivity index (χ3v) is 4.33. The van der Waals surface area contributed by atoms with Crippen LogP contribution in [-0.2, 0) is 11.2 Å². The van der Waals surface area contributed by atoms with Crippen LogP contribution in [0.1, 0.15) is 18.4 Å². The van der Waals surface area contributed by atoms with E-state index in [-0.39, 0.29) is 11.9 Å². The number of halogens is 2. The van der Waals surface area contributed by atoms with Gasteiger partial charge < -0.3 is 5.32 Å². The van der Waals surface area contributed by atoms with Gasteiger partial charge in [0.1, 0.15) is 0 Å². The topological polar surface area (TPSA) is 56.1 Å². The zero-order valence-electron chi connectivity index (χ0n) is 11.6. The van der Waals surface area contributed by atoms with Crippen molar-refractivity contribution in [3.63, 3.8) is 0 Å². The van der Waals surface area contributed by atoms with Gasteiger partial charge in [0.05, 0.1) is 29.1 Å². The molecule has 1 aromatic carbocycles. The smallest absolute Gasteiger partial charge is 0.224 e. The fourth-order valence-electron chi connectivity index (χ4n) is 2.45. The molecule has 1 heterocycles. The van der Waals surface area contributed by atoms with Crippen LogP contribution in [0.2, 0.25) is 10.0 Å². The van der Waals surface area contributed by atoms with Crippen molar-refractivity contribution in [1.29, 1.82) is 5.26 Å². The molecular weight excluding hydrogens is 309 g/mol. The minimum atomic E-state index is -0.00729. The molecular formula is C15H17Cl2N3O. The van der Waals surface area contributed by atoms with E-state index in [1.54, 1.807) is 12.1 Å². The number of carbonyl (C=O) groups is 1. The normalized spacial score (nSPS) is 16.4. The number of carbonyl (C=O) groups excluding carboxylic acids is 1. The highest BCUT2D eigenvalue weighted by molar-refractivity contribution is 6.42. The SMILES string of the molecule is N#CCN1CCC(NC(=O)Cc2ccc(Cl)c(Cl)c2)CC1.